The van der Waals surface area contributed by atoms with Crippen LogP contribution < -0.4 is 11.1 Å². The van der Waals surface area contributed by atoms with E-state index in [1.54, 1.807) is 4.90 Å². The Morgan fingerprint density at radius 2 is 2.00 bits per heavy atom. The largest absolute Gasteiger partial charge is 0.333 e. The molecule has 0 spiro atoms. The van der Waals surface area contributed by atoms with Crippen LogP contribution in [0.2, 0.25) is 0 Å². The molecule has 70 valence electrons. The van der Waals surface area contributed by atoms with Crippen LogP contribution in [0.25, 0.3) is 0 Å². The van der Waals surface area contributed by atoms with Crippen molar-refractivity contribution in [1.82, 2.24) is 10.2 Å². The quantitative estimate of drug-likeness (QED) is 0.544. The van der Waals surface area contributed by atoms with Crippen LogP contribution in [-0.4, -0.2) is 35.6 Å². The van der Waals surface area contributed by atoms with Gasteiger partial charge in [0.25, 0.3) is 0 Å². The number of rotatable bonds is 0. The zero-order valence-electron chi connectivity index (χ0n) is 7.92. The summed E-state index contributed by atoms with van der Waals surface area (Å²) in [5.74, 6) is 0. The fourth-order valence-electron chi connectivity index (χ4n) is 1.08. The third kappa shape index (κ3) is 2.37. The van der Waals surface area contributed by atoms with Crippen molar-refractivity contribution in [2.24, 2.45) is 5.73 Å². The first-order valence-electron chi connectivity index (χ1n) is 4.21. The first-order chi connectivity index (χ1) is 5.38. The van der Waals surface area contributed by atoms with E-state index in [0.717, 1.165) is 0 Å². The summed E-state index contributed by atoms with van der Waals surface area (Å²) in [6.45, 7) is 7.25. The molecule has 0 aromatic heterocycles. The predicted octanol–water partition coefficient (Wildman–Crippen LogP) is 0.137. The molecule has 1 fully saturated rings. The van der Waals surface area contributed by atoms with Crippen LogP contribution >= 0.6 is 0 Å². The molecular weight excluding hydrogens is 154 g/mol. The van der Waals surface area contributed by atoms with Crippen LogP contribution in [0.15, 0.2) is 0 Å². The van der Waals surface area contributed by atoms with E-state index in [1.807, 2.05) is 20.8 Å². The van der Waals surface area contributed by atoms with E-state index >= 15 is 0 Å². The van der Waals surface area contributed by atoms with E-state index in [9.17, 15) is 4.79 Å². The summed E-state index contributed by atoms with van der Waals surface area (Å²) in [4.78, 5) is 13.1. The lowest BCUT2D eigenvalue weighted by Gasteiger charge is -2.38. The summed E-state index contributed by atoms with van der Waals surface area (Å²) in [5, 5.41) is 2.87. The molecule has 1 heterocycles. The number of urea groups is 1. The van der Waals surface area contributed by atoms with Gasteiger partial charge in [-0.15, -0.1) is 0 Å². The van der Waals surface area contributed by atoms with Gasteiger partial charge in [0.1, 0.15) is 0 Å². The monoisotopic (exact) mass is 171 g/mol. The van der Waals surface area contributed by atoms with Crippen molar-refractivity contribution in [2.75, 3.05) is 13.1 Å². The second-order valence-electron chi connectivity index (χ2n) is 4.35. The molecule has 0 aliphatic carbocycles. The van der Waals surface area contributed by atoms with Crippen LogP contribution in [0, 0.1) is 0 Å². The lowest BCUT2D eigenvalue weighted by atomic mass is 10.1. The van der Waals surface area contributed by atoms with E-state index < -0.39 is 0 Å². The lowest BCUT2D eigenvalue weighted by Crippen LogP contribution is -2.62. The van der Waals surface area contributed by atoms with Crippen molar-refractivity contribution in [3.63, 3.8) is 0 Å². The molecule has 0 bridgehead atoms. The van der Waals surface area contributed by atoms with Crippen molar-refractivity contribution < 1.29 is 4.79 Å². The van der Waals surface area contributed by atoms with Gasteiger partial charge in [0.05, 0.1) is 0 Å². The molecule has 1 aliphatic heterocycles. The SMILES string of the molecule is CC(C)(C)NC(=O)N1CC(N)C1. The van der Waals surface area contributed by atoms with Gasteiger partial charge >= 0.3 is 6.03 Å². The van der Waals surface area contributed by atoms with Crippen LogP contribution in [-0.2, 0) is 0 Å². The van der Waals surface area contributed by atoms with Gasteiger partial charge in [-0.2, -0.15) is 0 Å². The van der Waals surface area contributed by atoms with Crippen molar-refractivity contribution in [2.45, 2.75) is 32.4 Å². The Balaban J connectivity index is 2.30. The maximum Gasteiger partial charge on any atom is 0.317 e. The van der Waals surface area contributed by atoms with Gasteiger partial charge in [0.15, 0.2) is 0 Å². The molecule has 1 aliphatic rings. The molecule has 0 aromatic carbocycles. The summed E-state index contributed by atoms with van der Waals surface area (Å²) in [7, 11) is 0. The minimum absolute atomic E-state index is 0.01000. The highest BCUT2D eigenvalue weighted by molar-refractivity contribution is 5.75. The molecule has 1 saturated heterocycles. The molecule has 0 aromatic rings. The number of nitrogens with one attached hydrogen (secondary N) is 1. The van der Waals surface area contributed by atoms with Gasteiger partial charge in [0.2, 0.25) is 0 Å². The number of carbonyl (C=O) groups excluding carboxylic acids is 1. The fraction of sp³-hybridized carbons (Fsp3) is 0.875. The smallest absolute Gasteiger partial charge is 0.317 e. The minimum Gasteiger partial charge on any atom is -0.333 e. The summed E-state index contributed by atoms with van der Waals surface area (Å²) in [6, 6.07) is 0.167. The zero-order valence-corrected chi connectivity index (χ0v) is 7.92. The maximum atomic E-state index is 11.3. The Bertz CT molecular complexity index is 179. The molecule has 12 heavy (non-hydrogen) atoms. The van der Waals surface area contributed by atoms with E-state index in [4.69, 9.17) is 5.73 Å². The Labute approximate surface area is 73.1 Å². The molecule has 0 saturated carbocycles. The number of nitrogens with two attached hydrogens (primary N) is 1. The van der Waals surface area contributed by atoms with Crippen molar-refractivity contribution in [3.05, 3.63) is 0 Å². The van der Waals surface area contributed by atoms with E-state index in [-0.39, 0.29) is 17.6 Å². The molecule has 0 unspecified atom stereocenters. The second-order valence-corrected chi connectivity index (χ2v) is 4.35. The normalized spacial score (nSPS) is 18.8. The average Bonchev–Trinajstić information content (AvgIpc) is 1.76. The van der Waals surface area contributed by atoms with Crippen LogP contribution in [0.3, 0.4) is 0 Å². The summed E-state index contributed by atoms with van der Waals surface area (Å²) >= 11 is 0. The number of hydrogen-bond donors (Lipinski definition) is 2. The molecule has 2 amide bonds. The highest BCUT2D eigenvalue weighted by Crippen LogP contribution is 2.07. The molecule has 0 radical (unpaired) electrons. The van der Waals surface area contributed by atoms with E-state index in [1.165, 1.54) is 0 Å². The number of likely N-dealkylation sites (tertiary alicyclic amines) is 1. The van der Waals surface area contributed by atoms with Gasteiger partial charge in [-0.25, -0.2) is 4.79 Å². The molecular formula is C8H17N3O. The predicted molar refractivity (Wildman–Crippen MR) is 47.8 cm³/mol. The highest BCUT2D eigenvalue weighted by Gasteiger charge is 2.29. The van der Waals surface area contributed by atoms with Gasteiger partial charge in [-0.3, -0.25) is 0 Å². The average molecular weight is 171 g/mol. The van der Waals surface area contributed by atoms with Crippen LogP contribution in [0.4, 0.5) is 4.79 Å². The number of nitrogens with zero attached hydrogens (tertiary/aromatic N) is 1. The van der Waals surface area contributed by atoms with Crippen molar-refractivity contribution >= 4 is 6.03 Å². The number of amides is 2. The fourth-order valence-corrected chi connectivity index (χ4v) is 1.08. The number of hydrogen-bond acceptors (Lipinski definition) is 2. The Hall–Kier alpha value is -0.770. The third-order valence-electron chi connectivity index (χ3n) is 1.68. The van der Waals surface area contributed by atoms with Crippen LogP contribution in [0.1, 0.15) is 20.8 Å². The van der Waals surface area contributed by atoms with Crippen LogP contribution in [0.5, 0.6) is 0 Å². The Kier molecular flexibility index (Phi) is 2.28. The molecule has 4 nitrogen and oxygen atoms in total. The Morgan fingerprint density at radius 1 is 1.50 bits per heavy atom. The zero-order chi connectivity index (χ0) is 9.35. The maximum absolute atomic E-state index is 11.3. The Morgan fingerprint density at radius 3 is 2.33 bits per heavy atom. The topological polar surface area (TPSA) is 58.4 Å². The second kappa shape index (κ2) is 2.94. The summed E-state index contributed by atoms with van der Waals surface area (Å²) in [5.41, 5.74) is 5.39. The molecule has 3 N–H and O–H groups in total. The van der Waals surface area contributed by atoms with Crippen molar-refractivity contribution in [1.29, 1.82) is 0 Å². The number of carbonyl (C=O) groups is 1. The highest BCUT2D eigenvalue weighted by atomic mass is 16.2. The van der Waals surface area contributed by atoms with Gasteiger partial charge in [0, 0.05) is 24.7 Å². The summed E-state index contributed by atoms with van der Waals surface area (Å²) in [6.07, 6.45) is 0. The minimum atomic E-state index is -0.156. The van der Waals surface area contributed by atoms with E-state index in [2.05, 4.69) is 5.32 Å². The van der Waals surface area contributed by atoms with Gasteiger partial charge < -0.3 is 16.0 Å². The molecule has 1 rings (SSSR count). The first kappa shape index (κ1) is 9.32. The van der Waals surface area contributed by atoms with Crippen molar-refractivity contribution in [3.8, 4) is 0 Å². The van der Waals surface area contributed by atoms with Gasteiger partial charge in [-0.1, -0.05) is 0 Å². The summed E-state index contributed by atoms with van der Waals surface area (Å²) < 4.78 is 0. The molecule has 0 atom stereocenters. The first-order valence-corrected chi connectivity index (χ1v) is 4.21. The van der Waals surface area contributed by atoms with Gasteiger partial charge in [-0.05, 0) is 20.8 Å². The lowest BCUT2D eigenvalue weighted by molar-refractivity contribution is 0.145. The molecule has 4 heteroatoms. The standard InChI is InChI=1S/C8H17N3O/c1-8(2,3)10-7(12)11-4-6(9)5-11/h6H,4-5,9H2,1-3H3,(H,10,12). The van der Waals surface area contributed by atoms with E-state index in [0.29, 0.717) is 13.1 Å². The third-order valence-corrected chi connectivity index (χ3v) is 1.68.